The Labute approximate surface area is 121 Å². The van der Waals surface area contributed by atoms with Crippen molar-refractivity contribution in [3.05, 3.63) is 22.4 Å². The normalized spacial score (nSPS) is 20.4. The summed E-state index contributed by atoms with van der Waals surface area (Å²) in [7, 11) is 0. The summed E-state index contributed by atoms with van der Waals surface area (Å²) in [6.45, 7) is 2.21. The highest BCUT2D eigenvalue weighted by molar-refractivity contribution is 7.19. The molecule has 0 aromatic carbocycles. The van der Waals surface area contributed by atoms with Crippen LogP contribution in [0.4, 0.5) is 0 Å². The van der Waals surface area contributed by atoms with E-state index in [2.05, 4.69) is 15.5 Å². The smallest absolute Gasteiger partial charge is 0.227 e. The number of thiophene rings is 1. The number of hydrogen-bond donors (Lipinski definition) is 1. The van der Waals surface area contributed by atoms with Crippen molar-refractivity contribution in [1.29, 1.82) is 0 Å². The average Bonchev–Trinajstić information content (AvgIpc) is 2.94. The van der Waals surface area contributed by atoms with Crippen molar-refractivity contribution in [3.63, 3.8) is 0 Å². The van der Waals surface area contributed by atoms with Crippen LogP contribution in [0.1, 0.15) is 25.2 Å². The molecule has 2 aromatic heterocycles. The maximum absolute atomic E-state index is 5.92. The summed E-state index contributed by atoms with van der Waals surface area (Å²) in [4.78, 5) is 5.43. The highest BCUT2D eigenvalue weighted by Gasteiger charge is 2.17. The zero-order chi connectivity index (χ0) is 13.1. The number of hydrogen-bond acceptors (Lipinski definition) is 5. The zero-order valence-electron chi connectivity index (χ0n) is 10.6. The maximum atomic E-state index is 5.92. The van der Waals surface area contributed by atoms with Crippen molar-refractivity contribution in [3.8, 4) is 10.7 Å². The minimum atomic E-state index is 0.648. The van der Waals surface area contributed by atoms with Crippen LogP contribution in [0, 0.1) is 5.92 Å². The molecule has 1 N–H and O–H groups in total. The number of halogens is 1. The number of nitrogens with one attached hydrogen (secondary N) is 1. The maximum Gasteiger partial charge on any atom is 0.227 e. The van der Waals surface area contributed by atoms with E-state index in [1.165, 1.54) is 30.6 Å². The molecule has 2 aromatic rings. The Morgan fingerprint density at radius 1 is 1.37 bits per heavy atom. The van der Waals surface area contributed by atoms with E-state index in [1.54, 1.807) is 0 Å². The summed E-state index contributed by atoms with van der Waals surface area (Å²) < 4.78 is 6.10. The summed E-state index contributed by atoms with van der Waals surface area (Å²) in [6.07, 6.45) is 4.53. The molecule has 0 aliphatic carbocycles. The Hall–Kier alpha value is -0.910. The van der Waals surface area contributed by atoms with Gasteiger partial charge in [-0.05, 0) is 50.4 Å². The topological polar surface area (TPSA) is 51.0 Å². The van der Waals surface area contributed by atoms with Crippen LogP contribution in [0.2, 0.25) is 4.34 Å². The fourth-order valence-corrected chi connectivity index (χ4v) is 3.38. The molecule has 3 rings (SSSR count). The van der Waals surface area contributed by atoms with Gasteiger partial charge in [-0.1, -0.05) is 16.8 Å². The van der Waals surface area contributed by atoms with Crippen LogP contribution in [0.3, 0.4) is 0 Å². The van der Waals surface area contributed by atoms with Gasteiger partial charge in [-0.3, -0.25) is 0 Å². The van der Waals surface area contributed by atoms with Crippen molar-refractivity contribution in [1.82, 2.24) is 15.5 Å². The lowest BCUT2D eigenvalue weighted by Gasteiger charge is -2.09. The minimum absolute atomic E-state index is 0.648. The molecule has 0 bridgehead atoms. The quantitative estimate of drug-likeness (QED) is 0.943. The third-order valence-electron chi connectivity index (χ3n) is 3.42. The Balaban J connectivity index is 1.67. The Bertz CT molecular complexity index is 531. The van der Waals surface area contributed by atoms with Crippen molar-refractivity contribution in [2.75, 3.05) is 13.1 Å². The lowest BCUT2D eigenvalue weighted by atomic mass is 9.97. The molecule has 0 spiro atoms. The number of rotatable bonds is 3. The molecule has 1 unspecified atom stereocenters. The molecule has 102 valence electrons. The van der Waals surface area contributed by atoms with Gasteiger partial charge in [-0.15, -0.1) is 11.3 Å². The van der Waals surface area contributed by atoms with Gasteiger partial charge in [0.15, 0.2) is 0 Å². The van der Waals surface area contributed by atoms with Gasteiger partial charge in [0.1, 0.15) is 0 Å². The second kappa shape index (κ2) is 6.03. The van der Waals surface area contributed by atoms with Gasteiger partial charge >= 0.3 is 0 Å². The van der Waals surface area contributed by atoms with Gasteiger partial charge in [0.2, 0.25) is 11.7 Å². The monoisotopic (exact) mass is 297 g/mol. The summed E-state index contributed by atoms with van der Waals surface area (Å²) >= 11 is 7.39. The fourth-order valence-electron chi connectivity index (χ4n) is 2.41. The van der Waals surface area contributed by atoms with Crippen LogP contribution in [-0.2, 0) is 6.42 Å². The predicted octanol–water partition coefficient (Wildman–Crippen LogP) is 3.38. The van der Waals surface area contributed by atoms with Gasteiger partial charge in [-0.2, -0.15) is 4.98 Å². The first-order chi connectivity index (χ1) is 9.31. The predicted molar refractivity (Wildman–Crippen MR) is 76.5 cm³/mol. The van der Waals surface area contributed by atoms with Gasteiger partial charge in [0, 0.05) is 6.42 Å². The Morgan fingerprint density at radius 3 is 3.16 bits per heavy atom. The highest BCUT2D eigenvalue weighted by atomic mass is 35.5. The average molecular weight is 298 g/mol. The second-order valence-electron chi connectivity index (χ2n) is 4.87. The fraction of sp³-hybridized carbons (Fsp3) is 0.538. The van der Waals surface area contributed by atoms with E-state index in [9.17, 15) is 0 Å². The third-order valence-corrected chi connectivity index (χ3v) is 4.65. The van der Waals surface area contributed by atoms with E-state index in [1.807, 2.05) is 12.1 Å². The minimum Gasteiger partial charge on any atom is -0.339 e. The van der Waals surface area contributed by atoms with Gasteiger partial charge < -0.3 is 9.84 Å². The molecule has 4 nitrogen and oxygen atoms in total. The van der Waals surface area contributed by atoms with Crippen LogP contribution in [0.5, 0.6) is 0 Å². The molecular formula is C13H16ClN3OS. The van der Waals surface area contributed by atoms with Gasteiger partial charge in [-0.25, -0.2) is 0 Å². The molecule has 1 atom stereocenters. The lowest BCUT2D eigenvalue weighted by molar-refractivity contribution is 0.341. The molecule has 6 heteroatoms. The standard InChI is InChI=1S/C13H16ClN3OS/c14-11-4-3-10(19-11)13-16-12(18-17-13)8-9-2-1-6-15-7-5-9/h3-4,9,15H,1-2,5-8H2. The van der Waals surface area contributed by atoms with Crippen molar-refractivity contribution in [2.24, 2.45) is 5.92 Å². The summed E-state index contributed by atoms with van der Waals surface area (Å²) in [5.41, 5.74) is 0. The van der Waals surface area contributed by atoms with Crippen LogP contribution < -0.4 is 5.32 Å². The molecule has 19 heavy (non-hydrogen) atoms. The van der Waals surface area contributed by atoms with Crippen molar-refractivity contribution < 1.29 is 4.52 Å². The number of nitrogens with zero attached hydrogens (tertiary/aromatic N) is 2. The summed E-state index contributed by atoms with van der Waals surface area (Å²) in [6, 6.07) is 3.78. The van der Waals surface area contributed by atoms with E-state index in [0.29, 0.717) is 11.7 Å². The van der Waals surface area contributed by atoms with Crippen molar-refractivity contribution >= 4 is 22.9 Å². The van der Waals surface area contributed by atoms with E-state index >= 15 is 0 Å². The molecule has 1 aliphatic heterocycles. The SMILES string of the molecule is Clc1ccc(-c2noc(CC3CCCNCC3)n2)s1. The van der Waals surface area contributed by atoms with Gasteiger partial charge in [0.05, 0.1) is 9.21 Å². The largest absolute Gasteiger partial charge is 0.339 e. The molecule has 1 saturated heterocycles. The van der Waals surface area contributed by atoms with E-state index in [4.69, 9.17) is 16.1 Å². The lowest BCUT2D eigenvalue weighted by Crippen LogP contribution is -2.14. The first kappa shape index (κ1) is 13.1. The summed E-state index contributed by atoms with van der Waals surface area (Å²) in [5.74, 6) is 2.04. The first-order valence-electron chi connectivity index (χ1n) is 6.60. The van der Waals surface area contributed by atoms with Crippen LogP contribution in [0.25, 0.3) is 10.7 Å². The third kappa shape index (κ3) is 3.35. The molecular weight excluding hydrogens is 282 g/mol. The first-order valence-corrected chi connectivity index (χ1v) is 7.80. The molecule has 3 heterocycles. The highest BCUT2D eigenvalue weighted by Crippen LogP contribution is 2.29. The van der Waals surface area contributed by atoms with Crippen molar-refractivity contribution in [2.45, 2.75) is 25.7 Å². The molecule has 1 aliphatic rings. The van der Waals surface area contributed by atoms with Crippen LogP contribution in [0.15, 0.2) is 16.7 Å². The molecule has 1 fully saturated rings. The van der Waals surface area contributed by atoms with E-state index in [-0.39, 0.29) is 0 Å². The summed E-state index contributed by atoms with van der Waals surface area (Å²) in [5, 5.41) is 7.46. The van der Waals surface area contributed by atoms with Gasteiger partial charge in [0.25, 0.3) is 0 Å². The molecule has 0 amide bonds. The van der Waals surface area contributed by atoms with Crippen LogP contribution >= 0.6 is 22.9 Å². The van der Waals surface area contributed by atoms with Crippen LogP contribution in [-0.4, -0.2) is 23.2 Å². The molecule has 0 radical (unpaired) electrons. The Kier molecular flexibility index (Phi) is 4.15. The molecule has 0 saturated carbocycles. The number of aromatic nitrogens is 2. The zero-order valence-corrected chi connectivity index (χ0v) is 12.1. The van der Waals surface area contributed by atoms with E-state index < -0.39 is 0 Å². The second-order valence-corrected chi connectivity index (χ2v) is 6.58. The van der Waals surface area contributed by atoms with E-state index in [0.717, 1.165) is 34.6 Å². The Morgan fingerprint density at radius 2 is 2.32 bits per heavy atom.